The van der Waals surface area contributed by atoms with Crippen molar-refractivity contribution in [1.82, 2.24) is 19.8 Å². The Bertz CT molecular complexity index is 383. The average molecular weight is 215 g/mol. The Morgan fingerprint density at radius 2 is 1.86 bits per heavy atom. The summed E-state index contributed by atoms with van der Waals surface area (Å²) >= 11 is 5.00. The van der Waals surface area contributed by atoms with Gasteiger partial charge in [0.25, 0.3) is 0 Å². The second-order valence-electron chi connectivity index (χ2n) is 3.43. The van der Waals surface area contributed by atoms with Crippen LogP contribution in [-0.4, -0.2) is 53.0 Å². The first kappa shape index (κ1) is 9.47. The van der Waals surface area contributed by atoms with Gasteiger partial charge in [-0.05, 0) is 19.3 Å². The van der Waals surface area contributed by atoms with Gasteiger partial charge in [-0.3, -0.25) is 5.10 Å². The average Bonchev–Trinajstić information content (AvgIpc) is 2.49. The van der Waals surface area contributed by atoms with Crippen LogP contribution in [0.25, 0.3) is 0 Å². The van der Waals surface area contributed by atoms with E-state index < -0.39 is 0 Å². The fraction of sp³-hybridized carbons (Fsp3) is 0.714. The molecule has 0 saturated carbocycles. The minimum absolute atomic E-state index is 0.195. The lowest BCUT2D eigenvalue weighted by atomic mass is 10.4. The van der Waals surface area contributed by atoms with E-state index in [1.807, 2.05) is 5.01 Å². The van der Waals surface area contributed by atoms with Crippen LogP contribution in [0.5, 0.6) is 0 Å². The van der Waals surface area contributed by atoms with Gasteiger partial charge < -0.3 is 9.91 Å². The lowest BCUT2D eigenvalue weighted by molar-refractivity contribution is 0.285. The Hall–Kier alpha value is -1.08. The summed E-state index contributed by atoms with van der Waals surface area (Å²) in [5.41, 5.74) is -0.195. The largest absolute Gasteiger partial charge is 0.361 e. The molecule has 1 saturated heterocycles. The predicted octanol–water partition coefficient (Wildman–Crippen LogP) is -0.883. The van der Waals surface area contributed by atoms with E-state index in [0.717, 1.165) is 26.2 Å². The summed E-state index contributed by atoms with van der Waals surface area (Å²) in [7, 11) is 2.07. The maximum absolute atomic E-state index is 11.4. The Balaban J connectivity index is 2.24. The molecule has 78 valence electrons. The lowest BCUT2D eigenvalue weighted by Crippen LogP contribution is -2.52. The molecule has 0 unspecified atom stereocenters. The zero-order valence-corrected chi connectivity index (χ0v) is 8.80. The molecule has 1 aromatic heterocycles. The number of nitrogens with one attached hydrogen (secondary N) is 2. The zero-order valence-electron chi connectivity index (χ0n) is 7.99. The van der Waals surface area contributed by atoms with Crippen molar-refractivity contribution in [3.8, 4) is 0 Å². The molecule has 0 atom stereocenters. The normalized spacial score (nSPS) is 18.8. The van der Waals surface area contributed by atoms with Gasteiger partial charge in [0.2, 0.25) is 4.77 Å². The quantitative estimate of drug-likeness (QED) is 0.597. The van der Waals surface area contributed by atoms with Crippen LogP contribution in [0.3, 0.4) is 0 Å². The lowest BCUT2D eigenvalue weighted by Gasteiger charge is -2.33. The summed E-state index contributed by atoms with van der Waals surface area (Å²) in [5, 5.41) is 7.05. The SMILES string of the molecule is CN1CCN(n2c(=O)[nH][nH]c2=S)CC1. The number of nitrogens with zero attached hydrogens (tertiary/aromatic N) is 3. The van der Waals surface area contributed by atoms with Crippen molar-refractivity contribution in [2.45, 2.75) is 0 Å². The third-order valence-corrected chi connectivity index (χ3v) is 2.70. The van der Waals surface area contributed by atoms with Crippen molar-refractivity contribution in [3.63, 3.8) is 0 Å². The molecule has 1 aromatic rings. The maximum Gasteiger partial charge on any atom is 0.361 e. The van der Waals surface area contributed by atoms with Gasteiger partial charge in [0, 0.05) is 26.2 Å². The summed E-state index contributed by atoms with van der Waals surface area (Å²) < 4.78 is 1.92. The second kappa shape index (κ2) is 3.58. The number of likely N-dealkylation sites (N-methyl/N-ethyl adjacent to an activating group) is 1. The minimum Gasteiger partial charge on any atom is -0.304 e. The van der Waals surface area contributed by atoms with Crippen LogP contribution >= 0.6 is 12.2 Å². The molecule has 1 aliphatic rings. The molecule has 0 radical (unpaired) electrons. The zero-order chi connectivity index (χ0) is 10.1. The molecule has 1 aliphatic heterocycles. The summed E-state index contributed by atoms with van der Waals surface area (Å²) in [6.45, 7) is 3.55. The Morgan fingerprint density at radius 3 is 2.36 bits per heavy atom. The number of hydrogen-bond donors (Lipinski definition) is 2. The Labute approximate surface area is 86.1 Å². The molecule has 2 heterocycles. The third-order valence-electron chi connectivity index (χ3n) is 2.42. The smallest absolute Gasteiger partial charge is 0.304 e. The van der Waals surface area contributed by atoms with Crippen LogP contribution in [0.1, 0.15) is 0 Å². The number of rotatable bonds is 1. The van der Waals surface area contributed by atoms with Crippen molar-refractivity contribution in [2.75, 3.05) is 38.2 Å². The molecular weight excluding hydrogens is 202 g/mol. The van der Waals surface area contributed by atoms with Crippen molar-refractivity contribution in [2.24, 2.45) is 0 Å². The highest BCUT2D eigenvalue weighted by Gasteiger charge is 2.16. The van der Waals surface area contributed by atoms with Gasteiger partial charge in [0.15, 0.2) is 0 Å². The van der Waals surface area contributed by atoms with Crippen LogP contribution in [0, 0.1) is 4.77 Å². The summed E-state index contributed by atoms with van der Waals surface area (Å²) in [5.74, 6) is 0. The van der Waals surface area contributed by atoms with Crippen LogP contribution in [-0.2, 0) is 0 Å². The van der Waals surface area contributed by atoms with Crippen LogP contribution < -0.4 is 10.7 Å². The van der Waals surface area contributed by atoms with Gasteiger partial charge in [-0.1, -0.05) is 0 Å². The molecule has 0 aliphatic carbocycles. The number of hydrogen-bond acceptors (Lipinski definition) is 4. The Kier molecular flexibility index (Phi) is 2.42. The van der Waals surface area contributed by atoms with Crippen molar-refractivity contribution in [1.29, 1.82) is 0 Å². The predicted molar refractivity (Wildman–Crippen MR) is 55.7 cm³/mol. The first-order valence-corrected chi connectivity index (χ1v) is 4.93. The molecule has 0 aromatic carbocycles. The van der Waals surface area contributed by atoms with Crippen LogP contribution in [0.4, 0.5) is 0 Å². The van der Waals surface area contributed by atoms with E-state index in [0.29, 0.717) is 4.77 Å². The Morgan fingerprint density at radius 1 is 1.21 bits per heavy atom. The fourth-order valence-corrected chi connectivity index (χ4v) is 1.81. The molecule has 0 spiro atoms. The molecule has 0 bridgehead atoms. The highest BCUT2D eigenvalue weighted by molar-refractivity contribution is 7.71. The summed E-state index contributed by atoms with van der Waals surface area (Å²) in [4.78, 5) is 13.6. The van der Waals surface area contributed by atoms with Gasteiger partial charge in [0.1, 0.15) is 0 Å². The fourth-order valence-electron chi connectivity index (χ4n) is 1.56. The second-order valence-corrected chi connectivity index (χ2v) is 3.82. The van der Waals surface area contributed by atoms with Crippen molar-refractivity contribution < 1.29 is 0 Å². The van der Waals surface area contributed by atoms with E-state index >= 15 is 0 Å². The summed E-state index contributed by atoms with van der Waals surface area (Å²) in [6, 6.07) is 0. The highest BCUT2D eigenvalue weighted by Crippen LogP contribution is 1.96. The molecule has 2 rings (SSSR count). The molecule has 7 heteroatoms. The number of H-pyrrole nitrogens is 2. The molecule has 14 heavy (non-hydrogen) atoms. The molecule has 2 N–H and O–H groups in total. The standard InChI is InChI=1S/C7H13N5OS/c1-10-2-4-11(5-3-10)12-6(13)8-9-7(12)14/h2-5H2,1H3,(H,8,13)(H,9,14). The first-order chi connectivity index (χ1) is 6.68. The first-order valence-electron chi connectivity index (χ1n) is 4.52. The van der Waals surface area contributed by atoms with Gasteiger partial charge in [-0.2, -0.15) is 4.68 Å². The van der Waals surface area contributed by atoms with Gasteiger partial charge in [-0.15, -0.1) is 0 Å². The van der Waals surface area contributed by atoms with Gasteiger partial charge >= 0.3 is 5.69 Å². The molecule has 6 nitrogen and oxygen atoms in total. The van der Waals surface area contributed by atoms with Crippen molar-refractivity contribution in [3.05, 3.63) is 15.3 Å². The topological polar surface area (TPSA) is 60.1 Å². The van der Waals surface area contributed by atoms with Crippen molar-refractivity contribution >= 4 is 12.2 Å². The van der Waals surface area contributed by atoms with E-state index in [4.69, 9.17) is 12.2 Å². The number of aromatic nitrogens is 3. The molecule has 1 fully saturated rings. The number of aromatic amines is 2. The monoisotopic (exact) mass is 215 g/mol. The maximum atomic E-state index is 11.4. The van der Waals surface area contributed by atoms with E-state index in [9.17, 15) is 4.79 Å². The van der Waals surface area contributed by atoms with E-state index in [-0.39, 0.29) is 5.69 Å². The van der Waals surface area contributed by atoms with Gasteiger partial charge in [-0.25, -0.2) is 9.89 Å². The van der Waals surface area contributed by atoms with Crippen LogP contribution in [0.2, 0.25) is 0 Å². The van der Waals surface area contributed by atoms with E-state index in [2.05, 4.69) is 22.1 Å². The van der Waals surface area contributed by atoms with Crippen LogP contribution in [0.15, 0.2) is 4.79 Å². The van der Waals surface area contributed by atoms with Gasteiger partial charge in [0.05, 0.1) is 0 Å². The van der Waals surface area contributed by atoms with E-state index in [1.54, 1.807) is 0 Å². The number of piperazine rings is 1. The molecular formula is C7H13N5OS. The minimum atomic E-state index is -0.195. The summed E-state index contributed by atoms with van der Waals surface area (Å²) in [6.07, 6.45) is 0. The van der Waals surface area contributed by atoms with E-state index in [1.165, 1.54) is 4.68 Å². The third kappa shape index (κ3) is 1.60. The molecule has 0 amide bonds. The highest BCUT2D eigenvalue weighted by atomic mass is 32.1.